The van der Waals surface area contributed by atoms with Gasteiger partial charge in [-0.3, -0.25) is 9.79 Å². The van der Waals surface area contributed by atoms with Gasteiger partial charge in [-0.2, -0.15) is 0 Å². The third kappa shape index (κ3) is 5.56. The molecule has 0 spiro atoms. The zero-order valence-corrected chi connectivity index (χ0v) is 17.3. The highest BCUT2D eigenvalue weighted by molar-refractivity contribution is 5.80. The number of aliphatic imine (C=N–C) groups is 1. The summed E-state index contributed by atoms with van der Waals surface area (Å²) in [4.78, 5) is 18.0. The summed E-state index contributed by atoms with van der Waals surface area (Å²) >= 11 is 0. The Morgan fingerprint density at radius 1 is 1.24 bits per heavy atom. The molecule has 6 heteroatoms. The molecule has 0 bridgehead atoms. The molecule has 1 fully saturated rings. The topological polar surface area (TPSA) is 56.7 Å². The van der Waals surface area contributed by atoms with Crippen molar-refractivity contribution >= 4 is 11.9 Å². The van der Waals surface area contributed by atoms with E-state index in [9.17, 15) is 9.18 Å². The van der Waals surface area contributed by atoms with Gasteiger partial charge in [-0.05, 0) is 48.6 Å². The van der Waals surface area contributed by atoms with Gasteiger partial charge in [0.1, 0.15) is 5.82 Å². The third-order valence-electron chi connectivity index (χ3n) is 5.27. The van der Waals surface area contributed by atoms with Crippen LogP contribution in [-0.2, 0) is 17.9 Å². The average Bonchev–Trinajstić information content (AvgIpc) is 3.11. The quantitative estimate of drug-likeness (QED) is 0.578. The Balaban J connectivity index is 1.57. The number of halogens is 1. The fourth-order valence-corrected chi connectivity index (χ4v) is 3.48. The molecule has 2 N–H and O–H groups in total. The molecule has 5 nitrogen and oxygen atoms in total. The second-order valence-electron chi connectivity index (χ2n) is 7.54. The fraction of sp³-hybridized carbons (Fsp3) is 0.391. The summed E-state index contributed by atoms with van der Waals surface area (Å²) < 4.78 is 13.8. The molecule has 2 aromatic carbocycles. The summed E-state index contributed by atoms with van der Waals surface area (Å²) in [5.74, 6) is 0.686. The van der Waals surface area contributed by atoms with Crippen molar-refractivity contribution in [3.63, 3.8) is 0 Å². The van der Waals surface area contributed by atoms with Crippen molar-refractivity contribution in [3.8, 4) is 0 Å². The Hall–Kier alpha value is -2.89. The van der Waals surface area contributed by atoms with Crippen molar-refractivity contribution in [2.24, 2.45) is 4.99 Å². The molecule has 3 rings (SSSR count). The van der Waals surface area contributed by atoms with Crippen LogP contribution in [0.25, 0.3) is 0 Å². The van der Waals surface area contributed by atoms with E-state index in [1.54, 1.807) is 26.1 Å². The smallest absolute Gasteiger partial charge is 0.222 e. The first-order valence-electron chi connectivity index (χ1n) is 10.0. The highest BCUT2D eigenvalue weighted by atomic mass is 19.1. The molecule has 1 unspecified atom stereocenters. The Morgan fingerprint density at radius 3 is 2.72 bits per heavy atom. The maximum absolute atomic E-state index is 13.8. The lowest BCUT2D eigenvalue weighted by molar-refractivity contribution is -0.128. The lowest BCUT2D eigenvalue weighted by Crippen LogP contribution is -2.38. The number of benzene rings is 2. The van der Waals surface area contributed by atoms with Crippen LogP contribution in [0.1, 0.15) is 48.1 Å². The molecular formula is C23H29FN4O. The molecule has 0 aliphatic carbocycles. The van der Waals surface area contributed by atoms with Gasteiger partial charge in [0.2, 0.25) is 5.91 Å². The summed E-state index contributed by atoms with van der Waals surface area (Å²) in [5.41, 5.74) is 3.75. The van der Waals surface area contributed by atoms with Gasteiger partial charge in [-0.25, -0.2) is 4.39 Å². The van der Waals surface area contributed by atoms with E-state index < -0.39 is 0 Å². The van der Waals surface area contributed by atoms with E-state index in [2.05, 4.69) is 27.8 Å². The highest BCUT2D eigenvalue weighted by Crippen LogP contribution is 2.17. The van der Waals surface area contributed by atoms with E-state index in [1.807, 2.05) is 30.0 Å². The minimum atomic E-state index is -0.201. The number of likely N-dealkylation sites (tertiary alicyclic amines) is 1. The molecule has 1 aliphatic heterocycles. The third-order valence-corrected chi connectivity index (χ3v) is 5.27. The predicted octanol–water partition coefficient (Wildman–Crippen LogP) is 3.68. The number of carbonyl (C=O) groups is 1. The summed E-state index contributed by atoms with van der Waals surface area (Å²) in [7, 11) is 1.72. The Bertz CT molecular complexity index is 896. The van der Waals surface area contributed by atoms with E-state index in [0.717, 1.165) is 29.7 Å². The Labute approximate surface area is 172 Å². The Kier molecular flexibility index (Phi) is 6.86. The van der Waals surface area contributed by atoms with Gasteiger partial charge in [0.15, 0.2) is 5.96 Å². The second kappa shape index (κ2) is 9.54. The van der Waals surface area contributed by atoms with E-state index >= 15 is 0 Å². The maximum Gasteiger partial charge on any atom is 0.222 e. The summed E-state index contributed by atoms with van der Waals surface area (Å²) in [6.07, 6.45) is 1.61. The number of nitrogens with zero attached hydrogens (tertiary/aromatic N) is 2. The Morgan fingerprint density at radius 2 is 2.03 bits per heavy atom. The first-order chi connectivity index (χ1) is 14.0. The number of hydrogen-bond donors (Lipinski definition) is 2. The molecule has 2 aromatic rings. The molecule has 0 aromatic heterocycles. The molecular weight excluding hydrogens is 367 g/mol. The molecule has 0 radical (unpaired) electrons. The first kappa shape index (κ1) is 20.8. The number of nitrogens with one attached hydrogen (secondary N) is 2. The normalized spacial score (nSPS) is 15.5. The number of aryl methyl sites for hydroxylation is 1. The first-order valence-corrected chi connectivity index (χ1v) is 10.0. The number of amides is 1. The SMILES string of the molecule is CN=C(NCc1cccc(CN2CCCC2=O)c1)NC(C)c1ccc(C)c(F)c1. The van der Waals surface area contributed by atoms with Crippen LogP contribution in [0.2, 0.25) is 0 Å². The van der Waals surface area contributed by atoms with Crippen LogP contribution in [0.4, 0.5) is 4.39 Å². The van der Waals surface area contributed by atoms with Crippen LogP contribution in [0.15, 0.2) is 47.5 Å². The van der Waals surface area contributed by atoms with Crippen molar-refractivity contribution < 1.29 is 9.18 Å². The standard InChI is InChI=1S/C23H29FN4O/c1-16-9-10-20(13-21(16)24)17(2)27-23(25-3)26-14-18-6-4-7-19(12-18)15-28-11-5-8-22(28)29/h4,6-7,9-10,12-13,17H,5,8,11,14-15H2,1-3H3,(H2,25,26,27). The van der Waals surface area contributed by atoms with Crippen LogP contribution in [0, 0.1) is 12.7 Å². The summed E-state index contributed by atoms with van der Waals surface area (Å²) in [6.45, 7) is 5.84. The highest BCUT2D eigenvalue weighted by Gasteiger charge is 2.20. The number of guanidine groups is 1. The molecule has 1 aliphatic rings. The summed E-state index contributed by atoms with van der Waals surface area (Å²) in [6, 6.07) is 13.4. The van der Waals surface area contributed by atoms with Gasteiger partial charge in [-0.15, -0.1) is 0 Å². The van der Waals surface area contributed by atoms with Gasteiger partial charge >= 0.3 is 0 Å². The van der Waals surface area contributed by atoms with Crippen LogP contribution < -0.4 is 10.6 Å². The predicted molar refractivity (Wildman–Crippen MR) is 114 cm³/mol. The van der Waals surface area contributed by atoms with Crippen LogP contribution >= 0.6 is 0 Å². The molecule has 29 heavy (non-hydrogen) atoms. The second-order valence-corrected chi connectivity index (χ2v) is 7.54. The minimum Gasteiger partial charge on any atom is -0.352 e. The molecule has 1 amide bonds. The van der Waals surface area contributed by atoms with Crippen molar-refractivity contribution in [3.05, 3.63) is 70.5 Å². The summed E-state index contributed by atoms with van der Waals surface area (Å²) in [5, 5.41) is 6.60. The fourth-order valence-electron chi connectivity index (χ4n) is 3.48. The van der Waals surface area contributed by atoms with Crippen LogP contribution in [0.5, 0.6) is 0 Å². The van der Waals surface area contributed by atoms with E-state index in [4.69, 9.17) is 0 Å². The van der Waals surface area contributed by atoms with Crippen LogP contribution in [0.3, 0.4) is 0 Å². The van der Waals surface area contributed by atoms with Gasteiger partial charge in [0.05, 0.1) is 6.04 Å². The van der Waals surface area contributed by atoms with E-state index in [-0.39, 0.29) is 17.8 Å². The minimum absolute atomic E-state index is 0.0798. The van der Waals surface area contributed by atoms with Crippen LogP contribution in [-0.4, -0.2) is 30.4 Å². The lowest BCUT2D eigenvalue weighted by atomic mass is 10.1. The zero-order valence-electron chi connectivity index (χ0n) is 17.3. The average molecular weight is 397 g/mol. The number of rotatable bonds is 6. The molecule has 154 valence electrons. The number of hydrogen-bond acceptors (Lipinski definition) is 2. The molecule has 1 atom stereocenters. The lowest BCUT2D eigenvalue weighted by Gasteiger charge is -2.19. The van der Waals surface area contributed by atoms with E-state index in [0.29, 0.717) is 31.0 Å². The molecule has 1 saturated heterocycles. The van der Waals surface area contributed by atoms with Gasteiger partial charge in [0, 0.05) is 33.1 Å². The van der Waals surface area contributed by atoms with Crippen molar-refractivity contribution in [2.45, 2.75) is 45.8 Å². The van der Waals surface area contributed by atoms with Crippen molar-refractivity contribution in [2.75, 3.05) is 13.6 Å². The molecule has 0 saturated carbocycles. The zero-order chi connectivity index (χ0) is 20.8. The number of carbonyl (C=O) groups excluding carboxylic acids is 1. The monoisotopic (exact) mass is 396 g/mol. The van der Waals surface area contributed by atoms with Gasteiger partial charge in [0.25, 0.3) is 0 Å². The van der Waals surface area contributed by atoms with E-state index in [1.165, 1.54) is 0 Å². The largest absolute Gasteiger partial charge is 0.352 e. The van der Waals surface area contributed by atoms with Gasteiger partial charge in [-0.1, -0.05) is 36.4 Å². The van der Waals surface area contributed by atoms with Crippen molar-refractivity contribution in [1.82, 2.24) is 15.5 Å². The van der Waals surface area contributed by atoms with Gasteiger partial charge < -0.3 is 15.5 Å². The maximum atomic E-state index is 13.8. The molecule has 1 heterocycles. The van der Waals surface area contributed by atoms with Crippen molar-refractivity contribution in [1.29, 1.82) is 0 Å².